The molecular formula is C21H27N3. The molecule has 3 atom stereocenters. The van der Waals surface area contributed by atoms with Crippen LogP contribution in [0, 0.1) is 12.8 Å². The largest absolute Gasteiger partial charge is 0.306 e. The van der Waals surface area contributed by atoms with Gasteiger partial charge in [-0.05, 0) is 74.9 Å². The quantitative estimate of drug-likeness (QED) is 0.795. The molecule has 3 heteroatoms. The van der Waals surface area contributed by atoms with Crippen molar-refractivity contribution in [2.75, 3.05) is 13.6 Å². The number of benzene rings is 1. The van der Waals surface area contributed by atoms with Gasteiger partial charge >= 0.3 is 0 Å². The summed E-state index contributed by atoms with van der Waals surface area (Å²) in [6, 6.07) is 5.74. The van der Waals surface area contributed by atoms with Gasteiger partial charge in [0.05, 0.1) is 6.33 Å². The topological polar surface area (TPSA) is 21.1 Å². The van der Waals surface area contributed by atoms with Crippen LogP contribution in [-0.2, 0) is 11.8 Å². The third-order valence-electron chi connectivity index (χ3n) is 7.21. The molecule has 1 aliphatic heterocycles. The van der Waals surface area contributed by atoms with Crippen LogP contribution in [0.5, 0.6) is 0 Å². The van der Waals surface area contributed by atoms with E-state index in [2.05, 4.69) is 46.8 Å². The maximum Gasteiger partial charge on any atom is 0.0991 e. The van der Waals surface area contributed by atoms with Crippen LogP contribution in [0.15, 0.2) is 30.9 Å². The van der Waals surface area contributed by atoms with E-state index in [1.54, 1.807) is 11.1 Å². The first-order valence-corrected chi connectivity index (χ1v) is 9.52. The van der Waals surface area contributed by atoms with Crippen LogP contribution < -0.4 is 0 Å². The fourth-order valence-corrected chi connectivity index (χ4v) is 6.03. The summed E-state index contributed by atoms with van der Waals surface area (Å²) in [4.78, 5) is 6.89. The van der Waals surface area contributed by atoms with E-state index >= 15 is 0 Å². The predicted molar refractivity (Wildman–Crippen MR) is 96.7 cm³/mol. The molecule has 2 aromatic rings. The number of likely N-dealkylation sites (N-methyl/N-ethyl adjacent to an activating group) is 1. The molecule has 24 heavy (non-hydrogen) atoms. The summed E-state index contributed by atoms with van der Waals surface area (Å²) >= 11 is 0. The predicted octanol–water partition coefficient (Wildman–Crippen LogP) is 3.87. The van der Waals surface area contributed by atoms with Crippen molar-refractivity contribution in [3.8, 4) is 5.69 Å². The Labute approximate surface area is 144 Å². The van der Waals surface area contributed by atoms with Gasteiger partial charge in [0.1, 0.15) is 0 Å². The zero-order valence-corrected chi connectivity index (χ0v) is 14.8. The molecule has 0 amide bonds. The zero-order chi connectivity index (χ0) is 16.3. The smallest absolute Gasteiger partial charge is 0.0991 e. The molecule has 0 radical (unpaired) electrons. The second-order valence-corrected chi connectivity index (χ2v) is 8.28. The van der Waals surface area contributed by atoms with Crippen LogP contribution in [-0.4, -0.2) is 34.1 Å². The van der Waals surface area contributed by atoms with Crippen LogP contribution in [0.3, 0.4) is 0 Å². The van der Waals surface area contributed by atoms with Crippen molar-refractivity contribution in [1.29, 1.82) is 0 Å². The van der Waals surface area contributed by atoms with E-state index in [1.165, 1.54) is 56.3 Å². The number of aryl methyl sites for hydroxylation is 1. The van der Waals surface area contributed by atoms with Crippen molar-refractivity contribution in [2.24, 2.45) is 5.92 Å². The lowest BCUT2D eigenvalue weighted by Gasteiger charge is -2.58. The minimum atomic E-state index is 0.460. The number of hydrogen-bond acceptors (Lipinski definition) is 2. The monoisotopic (exact) mass is 321 g/mol. The Bertz CT molecular complexity index is 764. The molecule has 2 heterocycles. The van der Waals surface area contributed by atoms with E-state index in [-0.39, 0.29) is 0 Å². The van der Waals surface area contributed by atoms with Gasteiger partial charge in [-0.3, -0.25) is 0 Å². The lowest BCUT2D eigenvalue weighted by atomic mass is 9.52. The summed E-state index contributed by atoms with van der Waals surface area (Å²) in [6.07, 6.45) is 14.1. The molecule has 2 bridgehead atoms. The molecular weight excluding hydrogens is 294 g/mol. The fraction of sp³-hybridized carbons (Fsp3) is 0.571. The van der Waals surface area contributed by atoms with Crippen LogP contribution >= 0.6 is 0 Å². The summed E-state index contributed by atoms with van der Waals surface area (Å²) in [6.45, 7) is 3.54. The van der Waals surface area contributed by atoms with Gasteiger partial charge in [-0.25, -0.2) is 4.98 Å². The number of imidazole rings is 1. The van der Waals surface area contributed by atoms with Crippen LogP contribution in [0.4, 0.5) is 0 Å². The minimum Gasteiger partial charge on any atom is -0.306 e. The highest BCUT2D eigenvalue weighted by Gasteiger charge is 2.53. The fourth-order valence-electron chi connectivity index (χ4n) is 6.03. The van der Waals surface area contributed by atoms with Crippen molar-refractivity contribution in [3.63, 3.8) is 0 Å². The molecule has 5 rings (SSSR count). The Hall–Kier alpha value is -1.61. The third-order valence-corrected chi connectivity index (χ3v) is 7.21. The van der Waals surface area contributed by atoms with E-state index < -0.39 is 0 Å². The summed E-state index contributed by atoms with van der Waals surface area (Å²) in [5.74, 6) is 0.871. The number of piperidine rings is 1. The number of fused-ring (bicyclic) bond motifs is 1. The number of nitrogens with zero attached hydrogens (tertiary/aromatic N) is 3. The summed E-state index contributed by atoms with van der Waals surface area (Å²) in [7, 11) is 2.35. The maximum atomic E-state index is 4.24. The Morgan fingerprint density at radius 3 is 2.96 bits per heavy atom. The molecule has 1 aromatic carbocycles. The lowest BCUT2D eigenvalue weighted by molar-refractivity contribution is 0.00283. The van der Waals surface area contributed by atoms with E-state index in [4.69, 9.17) is 0 Å². The molecule has 1 aromatic heterocycles. The van der Waals surface area contributed by atoms with Gasteiger partial charge in [0.15, 0.2) is 0 Å². The second-order valence-electron chi connectivity index (χ2n) is 8.28. The highest BCUT2D eigenvalue weighted by atomic mass is 15.2. The first-order chi connectivity index (χ1) is 11.7. The van der Waals surface area contributed by atoms with E-state index in [1.807, 2.05) is 12.5 Å². The van der Waals surface area contributed by atoms with E-state index in [0.29, 0.717) is 5.41 Å². The SMILES string of the molecule is Cc1cc2c(cc1-n1ccnc1)C[C@H]1[C@H]3CCCC[C@@]23CCN1C. The van der Waals surface area contributed by atoms with Crippen molar-refractivity contribution >= 4 is 0 Å². The number of likely N-dealkylation sites (tertiary alicyclic amines) is 1. The van der Waals surface area contributed by atoms with E-state index in [9.17, 15) is 0 Å². The molecule has 2 aliphatic carbocycles. The number of rotatable bonds is 1. The average Bonchev–Trinajstić information content (AvgIpc) is 3.12. The average molecular weight is 321 g/mol. The molecule has 1 saturated heterocycles. The molecule has 0 unspecified atom stereocenters. The molecule has 2 fully saturated rings. The van der Waals surface area contributed by atoms with E-state index in [0.717, 1.165) is 12.0 Å². The van der Waals surface area contributed by atoms with Gasteiger partial charge in [-0.2, -0.15) is 0 Å². The standard InChI is InChI=1S/C21H27N3/c1-15-11-18-16(12-19(15)24-10-8-22-14-24)13-20-17-5-3-4-6-21(17,18)7-9-23(20)2/h8,10-12,14,17,20H,3-7,9,13H2,1-2H3/t17-,20+,21+/m1/s1. The van der Waals surface area contributed by atoms with Gasteiger partial charge < -0.3 is 9.47 Å². The molecule has 0 N–H and O–H groups in total. The molecule has 3 aliphatic rings. The van der Waals surface area contributed by atoms with Crippen molar-refractivity contribution in [1.82, 2.24) is 14.5 Å². The first-order valence-electron chi connectivity index (χ1n) is 9.52. The van der Waals surface area contributed by atoms with Crippen molar-refractivity contribution in [3.05, 3.63) is 47.5 Å². The summed E-state index contributed by atoms with van der Waals surface area (Å²) in [5.41, 5.74) is 6.44. The molecule has 126 valence electrons. The van der Waals surface area contributed by atoms with Crippen molar-refractivity contribution in [2.45, 2.75) is 56.9 Å². The highest BCUT2D eigenvalue weighted by Crippen LogP contribution is 2.55. The maximum absolute atomic E-state index is 4.24. The minimum absolute atomic E-state index is 0.460. The van der Waals surface area contributed by atoms with Crippen LogP contribution in [0.1, 0.15) is 48.8 Å². The van der Waals surface area contributed by atoms with Crippen LogP contribution in [0.2, 0.25) is 0 Å². The normalized spacial score (nSPS) is 32.2. The zero-order valence-electron chi connectivity index (χ0n) is 14.8. The highest BCUT2D eigenvalue weighted by molar-refractivity contribution is 5.52. The Balaban J connectivity index is 1.69. The molecule has 0 spiro atoms. The number of aromatic nitrogens is 2. The van der Waals surface area contributed by atoms with Crippen molar-refractivity contribution < 1.29 is 0 Å². The third kappa shape index (κ3) is 1.91. The molecule has 3 nitrogen and oxygen atoms in total. The Morgan fingerprint density at radius 2 is 2.12 bits per heavy atom. The first kappa shape index (κ1) is 14.7. The van der Waals surface area contributed by atoms with Crippen LogP contribution in [0.25, 0.3) is 5.69 Å². The Morgan fingerprint density at radius 1 is 1.21 bits per heavy atom. The molecule has 1 saturated carbocycles. The van der Waals surface area contributed by atoms with Gasteiger partial charge in [-0.15, -0.1) is 0 Å². The second kappa shape index (κ2) is 5.19. The van der Waals surface area contributed by atoms with Gasteiger partial charge in [-0.1, -0.05) is 18.9 Å². The van der Waals surface area contributed by atoms with Gasteiger partial charge in [0.25, 0.3) is 0 Å². The van der Waals surface area contributed by atoms with Gasteiger partial charge in [0.2, 0.25) is 0 Å². The van der Waals surface area contributed by atoms with Gasteiger partial charge in [0, 0.05) is 29.5 Å². The lowest BCUT2D eigenvalue weighted by Crippen LogP contribution is -2.59. The summed E-state index contributed by atoms with van der Waals surface area (Å²) in [5, 5.41) is 0. The number of hydrogen-bond donors (Lipinski definition) is 0. The Kier molecular flexibility index (Phi) is 3.18. The summed E-state index contributed by atoms with van der Waals surface area (Å²) < 4.78 is 2.17.